The molecule has 0 fully saturated rings. The van der Waals surface area contributed by atoms with Gasteiger partial charge in [-0.2, -0.15) is 0 Å². The number of anilines is 1. The van der Waals surface area contributed by atoms with Gasteiger partial charge in [-0.05, 0) is 35.9 Å². The number of hydrogen-bond acceptors (Lipinski definition) is 10. The fourth-order valence-electron chi connectivity index (χ4n) is 2.06. The van der Waals surface area contributed by atoms with Crippen LogP contribution in [0.3, 0.4) is 0 Å². The Hall–Kier alpha value is -1.89. The van der Waals surface area contributed by atoms with Crippen LogP contribution in [-0.2, 0) is 6.54 Å². The van der Waals surface area contributed by atoms with E-state index in [0.29, 0.717) is 15.5 Å². The summed E-state index contributed by atoms with van der Waals surface area (Å²) in [5, 5.41) is 65.1. The summed E-state index contributed by atoms with van der Waals surface area (Å²) < 4.78 is 0. The van der Waals surface area contributed by atoms with E-state index in [1.165, 1.54) is 18.2 Å². The van der Waals surface area contributed by atoms with Crippen molar-refractivity contribution in [2.24, 2.45) is 0 Å². The first-order chi connectivity index (χ1) is 11.5. The summed E-state index contributed by atoms with van der Waals surface area (Å²) in [7, 11) is 0. The molecule has 0 aliphatic carbocycles. The molecule has 2 rings (SSSR count). The lowest BCUT2D eigenvalue weighted by Gasteiger charge is -2.35. The zero-order valence-electron chi connectivity index (χ0n) is 12.8. The minimum atomic E-state index is -3.74. The molecule has 0 bridgehead atoms. The standard InChI is InChI=1S/C15H18N2O7S/c16-11-3-1-2-4-13(11)25-12-6-5-10(18)7-9(12)8-17(14(19,20)21)15(22,23)24/h1-7,18-24H,8,16H2. The smallest absolute Gasteiger partial charge is 0.352 e. The molecule has 0 aromatic heterocycles. The van der Waals surface area contributed by atoms with Crippen molar-refractivity contribution in [3.63, 3.8) is 0 Å². The maximum atomic E-state index is 9.65. The lowest BCUT2D eigenvalue weighted by atomic mass is 10.2. The van der Waals surface area contributed by atoms with Gasteiger partial charge in [-0.3, -0.25) is 0 Å². The van der Waals surface area contributed by atoms with Crippen LogP contribution < -0.4 is 5.73 Å². The number of aliphatic hydroxyl groups is 6. The topological polar surface area (TPSA) is 171 Å². The second kappa shape index (κ2) is 7.15. The van der Waals surface area contributed by atoms with Crippen molar-refractivity contribution in [1.82, 2.24) is 4.90 Å². The highest BCUT2D eigenvalue weighted by Gasteiger charge is 2.44. The quantitative estimate of drug-likeness (QED) is 0.235. The molecule has 25 heavy (non-hydrogen) atoms. The predicted octanol–water partition coefficient (Wildman–Crippen LogP) is -0.896. The number of nitrogen functional groups attached to an aromatic ring is 1. The zero-order valence-corrected chi connectivity index (χ0v) is 13.6. The monoisotopic (exact) mass is 370 g/mol. The maximum Gasteiger partial charge on any atom is 0.352 e. The molecule has 0 saturated carbocycles. The lowest BCUT2D eigenvalue weighted by Crippen LogP contribution is -2.60. The van der Waals surface area contributed by atoms with E-state index in [0.717, 1.165) is 11.8 Å². The summed E-state index contributed by atoms with van der Waals surface area (Å²) in [4.78, 5) is 0.898. The Bertz CT molecular complexity index is 729. The molecule has 0 amide bonds. The highest BCUT2D eigenvalue weighted by Crippen LogP contribution is 2.36. The number of aromatic hydroxyl groups is 1. The van der Waals surface area contributed by atoms with Gasteiger partial charge in [0.1, 0.15) is 5.75 Å². The van der Waals surface area contributed by atoms with Gasteiger partial charge in [0, 0.05) is 22.0 Å². The van der Waals surface area contributed by atoms with Gasteiger partial charge in [-0.1, -0.05) is 23.9 Å². The first-order valence-corrected chi connectivity index (χ1v) is 7.76. The van der Waals surface area contributed by atoms with Gasteiger partial charge < -0.3 is 41.5 Å². The average molecular weight is 370 g/mol. The van der Waals surface area contributed by atoms with Crippen LogP contribution in [0.5, 0.6) is 5.75 Å². The number of nitrogens with zero attached hydrogens (tertiary/aromatic N) is 1. The van der Waals surface area contributed by atoms with Crippen LogP contribution in [0.4, 0.5) is 5.69 Å². The normalized spacial score (nSPS) is 12.6. The van der Waals surface area contributed by atoms with Crippen molar-refractivity contribution in [2.45, 2.75) is 28.5 Å². The number of benzene rings is 2. The van der Waals surface area contributed by atoms with Crippen molar-refractivity contribution in [3.8, 4) is 5.75 Å². The lowest BCUT2D eigenvalue weighted by molar-refractivity contribution is -0.513. The molecule has 0 unspecified atom stereocenters. The largest absolute Gasteiger partial charge is 0.508 e. The first-order valence-electron chi connectivity index (χ1n) is 6.94. The molecule has 2 aromatic rings. The third-order valence-electron chi connectivity index (χ3n) is 3.24. The van der Waals surface area contributed by atoms with Crippen LogP contribution in [0, 0.1) is 0 Å². The Balaban J connectivity index is 2.40. The summed E-state index contributed by atoms with van der Waals surface area (Å²) in [5.41, 5.74) is 6.49. The second-order valence-electron chi connectivity index (χ2n) is 5.22. The van der Waals surface area contributed by atoms with Gasteiger partial charge in [0.05, 0.1) is 0 Å². The highest BCUT2D eigenvalue weighted by molar-refractivity contribution is 7.99. The van der Waals surface area contributed by atoms with Crippen LogP contribution >= 0.6 is 11.8 Å². The predicted molar refractivity (Wildman–Crippen MR) is 87.4 cm³/mol. The van der Waals surface area contributed by atoms with E-state index in [1.807, 2.05) is 0 Å². The molecule has 0 spiro atoms. The van der Waals surface area contributed by atoms with Crippen LogP contribution in [0.2, 0.25) is 0 Å². The molecule has 2 aromatic carbocycles. The first kappa shape index (κ1) is 19.4. The Labute approximate surface area is 146 Å². The summed E-state index contributed by atoms with van der Waals surface area (Å²) in [5.74, 6) is -0.195. The molecule has 0 saturated heterocycles. The Morgan fingerprint density at radius 2 is 1.48 bits per heavy atom. The third-order valence-corrected chi connectivity index (χ3v) is 4.45. The van der Waals surface area contributed by atoms with Gasteiger partial charge >= 0.3 is 12.2 Å². The molecule has 0 aliphatic heterocycles. The fourth-order valence-corrected chi connectivity index (χ4v) is 3.02. The van der Waals surface area contributed by atoms with E-state index in [9.17, 15) is 35.7 Å². The van der Waals surface area contributed by atoms with E-state index in [1.54, 1.807) is 24.3 Å². The van der Waals surface area contributed by atoms with Crippen LogP contribution in [0.25, 0.3) is 0 Å². The molecule has 10 heteroatoms. The molecule has 9 nitrogen and oxygen atoms in total. The summed E-state index contributed by atoms with van der Waals surface area (Å²) in [6.07, 6.45) is -7.48. The SMILES string of the molecule is Nc1ccccc1Sc1ccc(O)cc1CN(C(O)(O)O)C(O)(O)O. The van der Waals surface area contributed by atoms with E-state index in [-0.39, 0.29) is 16.2 Å². The molecular weight excluding hydrogens is 352 g/mol. The van der Waals surface area contributed by atoms with Crippen LogP contribution in [-0.4, -0.2) is 52.8 Å². The molecule has 136 valence electrons. The average Bonchev–Trinajstić information content (AvgIpc) is 2.47. The molecule has 9 N–H and O–H groups in total. The van der Waals surface area contributed by atoms with Crippen LogP contribution in [0.15, 0.2) is 52.3 Å². The summed E-state index contributed by atoms with van der Waals surface area (Å²) >= 11 is 1.16. The molecular formula is C15H18N2O7S. The van der Waals surface area contributed by atoms with Gasteiger partial charge in [0.2, 0.25) is 0 Å². The number of para-hydroxylation sites is 1. The molecule has 0 aliphatic rings. The number of rotatable bonds is 6. The van der Waals surface area contributed by atoms with E-state index in [2.05, 4.69) is 0 Å². The van der Waals surface area contributed by atoms with Gasteiger partial charge in [0.15, 0.2) is 0 Å². The van der Waals surface area contributed by atoms with Crippen molar-refractivity contribution in [1.29, 1.82) is 0 Å². The minimum absolute atomic E-state index is 0.149. The summed E-state index contributed by atoms with van der Waals surface area (Å²) in [6.45, 7) is -0.740. The van der Waals surface area contributed by atoms with Crippen molar-refractivity contribution in [3.05, 3.63) is 48.0 Å². The Morgan fingerprint density at radius 3 is 2.04 bits per heavy atom. The number of phenolic OH excluding ortho intramolecular Hbond substituents is 1. The van der Waals surface area contributed by atoms with E-state index < -0.39 is 18.7 Å². The second-order valence-corrected chi connectivity index (χ2v) is 6.30. The third kappa shape index (κ3) is 5.04. The minimum Gasteiger partial charge on any atom is -0.508 e. The Kier molecular flexibility index (Phi) is 5.56. The van der Waals surface area contributed by atoms with E-state index in [4.69, 9.17) is 5.73 Å². The van der Waals surface area contributed by atoms with Crippen molar-refractivity contribution in [2.75, 3.05) is 5.73 Å². The van der Waals surface area contributed by atoms with Gasteiger partial charge in [0.25, 0.3) is 0 Å². The number of nitrogens with two attached hydrogens (primary N) is 1. The Morgan fingerprint density at radius 1 is 0.880 bits per heavy atom. The number of hydrogen-bond donors (Lipinski definition) is 8. The maximum absolute atomic E-state index is 9.65. The van der Waals surface area contributed by atoms with Crippen LogP contribution in [0.1, 0.15) is 5.56 Å². The summed E-state index contributed by atoms with van der Waals surface area (Å²) in [6, 6.07) is 11.0. The molecule has 0 heterocycles. The van der Waals surface area contributed by atoms with Crippen molar-refractivity contribution < 1.29 is 35.7 Å². The fraction of sp³-hybridized carbons (Fsp3) is 0.200. The zero-order chi connectivity index (χ0) is 18.8. The molecule has 0 radical (unpaired) electrons. The number of phenols is 1. The van der Waals surface area contributed by atoms with Gasteiger partial charge in [-0.15, -0.1) is 4.90 Å². The molecule has 0 atom stereocenters. The van der Waals surface area contributed by atoms with Crippen molar-refractivity contribution >= 4 is 17.4 Å². The highest BCUT2D eigenvalue weighted by atomic mass is 32.2. The van der Waals surface area contributed by atoms with E-state index >= 15 is 0 Å². The van der Waals surface area contributed by atoms with Gasteiger partial charge in [-0.25, -0.2) is 0 Å².